The molecule has 0 aliphatic rings. The molecule has 0 amide bonds. The smallest absolute Gasteiger partial charge is 0.259 e. The van der Waals surface area contributed by atoms with Gasteiger partial charge in [0.2, 0.25) is 0 Å². The number of fused-ring (bicyclic) bond motifs is 1. The second-order valence-corrected chi connectivity index (χ2v) is 5.84. The van der Waals surface area contributed by atoms with Crippen LogP contribution < -0.4 is 5.73 Å². The molecule has 0 saturated carbocycles. The maximum absolute atomic E-state index is 6.31. The number of hydrogen-bond acceptors (Lipinski definition) is 5. The van der Waals surface area contributed by atoms with Crippen molar-refractivity contribution in [3.8, 4) is 11.5 Å². The van der Waals surface area contributed by atoms with E-state index in [-0.39, 0.29) is 0 Å². The molecular weight excluding hydrogens is 270 g/mol. The molecule has 4 nitrogen and oxygen atoms in total. The van der Waals surface area contributed by atoms with Gasteiger partial charge in [-0.1, -0.05) is 37.2 Å². The lowest BCUT2D eigenvalue weighted by atomic mass is 9.93. The number of thiophene rings is 1. The minimum atomic E-state index is -0.506. The molecule has 0 atom stereocenters. The second kappa shape index (κ2) is 5.00. The van der Waals surface area contributed by atoms with E-state index in [1.165, 1.54) is 4.70 Å². The van der Waals surface area contributed by atoms with Gasteiger partial charge in [-0.25, -0.2) is 0 Å². The summed E-state index contributed by atoms with van der Waals surface area (Å²) in [5.41, 5.74) is 6.79. The highest BCUT2D eigenvalue weighted by Crippen LogP contribution is 2.34. The quantitative estimate of drug-likeness (QED) is 0.789. The van der Waals surface area contributed by atoms with Gasteiger partial charge in [-0.3, -0.25) is 0 Å². The summed E-state index contributed by atoms with van der Waals surface area (Å²) in [6.07, 6.45) is 1.57. The summed E-state index contributed by atoms with van der Waals surface area (Å²) in [6, 6.07) is 8.20. The summed E-state index contributed by atoms with van der Waals surface area (Å²) in [7, 11) is 0. The standard InChI is InChI=1S/C15H17N3OS/c1-3-15(16,4-2)14-17-13(19-18-14)11-9-20-12-8-6-5-7-10(11)12/h5-9H,3-4,16H2,1-2H3. The lowest BCUT2D eigenvalue weighted by Crippen LogP contribution is -2.36. The Morgan fingerprint density at radius 3 is 2.75 bits per heavy atom. The van der Waals surface area contributed by atoms with Gasteiger partial charge in [0, 0.05) is 15.5 Å². The fourth-order valence-electron chi connectivity index (χ4n) is 2.24. The zero-order valence-electron chi connectivity index (χ0n) is 11.6. The Kier molecular flexibility index (Phi) is 3.31. The van der Waals surface area contributed by atoms with Crippen LogP contribution >= 0.6 is 11.3 Å². The second-order valence-electron chi connectivity index (χ2n) is 4.93. The number of benzene rings is 1. The van der Waals surface area contributed by atoms with E-state index in [1.807, 2.05) is 26.0 Å². The summed E-state index contributed by atoms with van der Waals surface area (Å²) < 4.78 is 6.65. The number of nitrogens with two attached hydrogens (primary N) is 1. The summed E-state index contributed by atoms with van der Waals surface area (Å²) in [6.45, 7) is 4.08. The van der Waals surface area contributed by atoms with E-state index in [0.717, 1.165) is 23.8 Å². The van der Waals surface area contributed by atoms with Crippen LogP contribution in [0.25, 0.3) is 21.5 Å². The number of rotatable bonds is 4. The highest BCUT2D eigenvalue weighted by Gasteiger charge is 2.29. The van der Waals surface area contributed by atoms with Gasteiger partial charge in [-0.15, -0.1) is 11.3 Å². The number of hydrogen-bond donors (Lipinski definition) is 1. The Morgan fingerprint density at radius 2 is 2.00 bits per heavy atom. The normalized spacial score (nSPS) is 12.2. The highest BCUT2D eigenvalue weighted by atomic mass is 32.1. The Labute approximate surface area is 121 Å². The van der Waals surface area contributed by atoms with Crippen LogP contribution in [0.5, 0.6) is 0 Å². The van der Waals surface area contributed by atoms with E-state index in [9.17, 15) is 0 Å². The summed E-state index contributed by atoms with van der Waals surface area (Å²) in [4.78, 5) is 4.52. The van der Waals surface area contributed by atoms with Crippen LogP contribution in [0.15, 0.2) is 34.2 Å². The molecule has 0 aliphatic carbocycles. The molecule has 0 spiro atoms. The zero-order chi connectivity index (χ0) is 14.2. The van der Waals surface area contributed by atoms with E-state index in [2.05, 4.69) is 27.7 Å². The van der Waals surface area contributed by atoms with Gasteiger partial charge >= 0.3 is 0 Å². The van der Waals surface area contributed by atoms with E-state index in [4.69, 9.17) is 10.3 Å². The molecule has 2 heterocycles. The first-order chi connectivity index (χ1) is 9.68. The lowest BCUT2D eigenvalue weighted by molar-refractivity contribution is 0.350. The van der Waals surface area contributed by atoms with Crippen molar-refractivity contribution in [1.82, 2.24) is 10.1 Å². The van der Waals surface area contributed by atoms with Crippen molar-refractivity contribution in [3.63, 3.8) is 0 Å². The molecule has 0 radical (unpaired) electrons. The average molecular weight is 287 g/mol. The van der Waals surface area contributed by atoms with Gasteiger partial charge < -0.3 is 10.3 Å². The lowest BCUT2D eigenvalue weighted by Gasteiger charge is -2.21. The third-order valence-electron chi connectivity index (χ3n) is 3.84. The maximum Gasteiger partial charge on any atom is 0.259 e. The van der Waals surface area contributed by atoms with E-state index >= 15 is 0 Å². The molecule has 2 N–H and O–H groups in total. The molecule has 20 heavy (non-hydrogen) atoms. The van der Waals surface area contributed by atoms with Crippen molar-refractivity contribution >= 4 is 21.4 Å². The van der Waals surface area contributed by atoms with Crippen molar-refractivity contribution in [2.45, 2.75) is 32.2 Å². The van der Waals surface area contributed by atoms with Crippen LogP contribution in [-0.4, -0.2) is 10.1 Å². The average Bonchev–Trinajstić information content (AvgIpc) is 3.12. The van der Waals surface area contributed by atoms with E-state index in [0.29, 0.717) is 11.7 Å². The Balaban J connectivity index is 2.06. The number of aromatic nitrogens is 2. The molecule has 1 aromatic carbocycles. The van der Waals surface area contributed by atoms with Crippen molar-refractivity contribution in [2.75, 3.05) is 0 Å². The fourth-order valence-corrected chi connectivity index (χ4v) is 3.18. The first-order valence-corrected chi connectivity index (χ1v) is 7.65. The molecule has 0 aliphatic heterocycles. The van der Waals surface area contributed by atoms with Crippen LogP contribution in [0.1, 0.15) is 32.5 Å². The SMILES string of the molecule is CCC(N)(CC)c1noc(-c2csc3ccccc23)n1. The first-order valence-electron chi connectivity index (χ1n) is 6.77. The van der Waals surface area contributed by atoms with Crippen LogP contribution in [0.4, 0.5) is 0 Å². The first kappa shape index (κ1) is 13.3. The Bertz CT molecular complexity index is 727. The topological polar surface area (TPSA) is 64.9 Å². The predicted molar refractivity (Wildman–Crippen MR) is 81.6 cm³/mol. The van der Waals surface area contributed by atoms with Crippen LogP contribution in [0.2, 0.25) is 0 Å². The molecule has 0 bridgehead atoms. The zero-order valence-corrected chi connectivity index (χ0v) is 12.4. The van der Waals surface area contributed by atoms with Crippen LogP contribution in [0.3, 0.4) is 0 Å². The van der Waals surface area contributed by atoms with Gasteiger partial charge in [0.25, 0.3) is 5.89 Å². The molecular formula is C15H17N3OS. The Hall–Kier alpha value is -1.72. The van der Waals surface area contributed by atoms with Gasteiger partial charge in [0.15, 0.2) is 5.82 Å². The molecule has 0 fully saturated rings. The number of nitrogens with zero attached hydrogens (tertiary/aromatic N) is 2. The largest absolute Gasteiger partial charge is 0.334 e. The summed E-state index contributed by atoms with van der Waals surface area (Å²) >= 11 is 1.68. The molecule has 3 rings (SSSR count). The third-order valence-corrected chi connectivity index (χ3v) is 4.81. The van der Waals surface area contributed by atoms with Crippen molar-refractivity contribution in [3.05, 3.63) is 35.5 Å². The minimum Gasteiger partial charge on any atom is -0.334 e. The van der Waals surface area contributed by atoms with Gasteiger partial charge in [0.1, 0.15) is 0 Å². The third kappa shape index (κ3) is 2.03. The molecule has 3 aromatic rings. The van der Waals surface area contributed by atoms with Crippen LogP contribution in [-0.2, 0) is 5.54 Å². The van der Waals surface area contributed by atoms with Crippen molar-refractivity contribution in [1.29, 1.82) is 0 Å². The monoisotopic (exact) mass is 287 g/mol. The minimum absolute atomic E-state index is 0.506. The van der Waals surface area contributed by atoms with Crippen molar-refractivity contribution < 1.29 is 4.52 Å². The highest BCUT2D eigenvalue weighted by molar-refractivity contribution is 7.17. The van der Waals surface area contributed by atoms with Gasteiger partial charge in [0.05, 0.1) is 11.1 Å². The molecule has 0 unspecified atom stereocenters. The van der Waals surface area contributed by atoms with Crippen LogP contribution in [0, 0.1) is 0 Å². The van der Waals surface area contributed by atoms with E-state index < -0.39 is 5.54 Å². The molecule has 2 aromatic heterocycles. The summed E-state index contributed by atoms with van der Waals surface area (Å²) in [5.74, 6) is 1.14. The molecule has 104 valence electrons. The molecule has 5 heteroatoms. The van der Waals surface area contributed by atoms with Gasteiger partial charge in [-0.05, 0) is 18.9 Å². The van der Waals surface area contributed by atoms with E-state index in [1.54, 1.807) is 11.3 Å². The maximum atomic E-state index is 6.31. The van der Waals surface area contributed by atoms with Crippen molar-refractivity contribution in [2.24, 2.45) is 5.73 Å². The fraction of sp³-hybridized carbons (Fsp3) is 0.333. The summed E-state index contributed by atoms with van der Waals surface area (Å²) in [5, 5.41) is 7.28. The Morgan fingerprint density at radius 1 is 1.25 bits per heavy atom. The molecule has 0 saturated heterocycles. The van der Waals surface area contributed by atoms with Gasteiger partial charge in [-0.2, -0.15) is 4.98 Å². The predicted octanol–water partition coefficient (Wildman–Crippen LogP) is 3.93.